The van der Waals surface area contributed by atoms with Gasteiger partial charge in [-0.15, -0.1) is 0 Å². The van der Waals surface area contributed by atoms with Gasteiger partial charge in [0.2, 0.25) is 10.0 Å². The second-order valence-corrected chi connectivity index (χ2v) is 7.92. The predicted molar refractivity (Wildman–Crippen MR) is 79.7 cm³/mol. The molecule has 1 aromatic carbocycles. The second kappa shape index (κ2) is 5.57. The number of halogens is 1. The van der Waals surface area contributed by atoms with Crippen molar-refractivity contribution in [2.45, 2.75) is 49.5 Å². The third kappa shape index (κ3) is 2.66. The van der Waals surface area contributed by atoms with Crippen LogP contribution in [-0.2, 0) is 10.0 Å². The van der Waals surface area contributed by atoms with E-state index in [1.807, 2.05) is 0 Å². The molecule has 2 N–H and O–H groups in total. The number of nitrogen functional groups attached to an aromatic ring is 1. The summed E-state index contributed by atoms with van der Waals surface area (Å²) >= 11 is 0. The Hall–Kier alpha value is -1.14. The maximum Gasteiger partial charge on any atom is 0.246 e. The summed E-state index contributed by atoms with van der Waals surface area (Å²) in [6.07, 6.45) is 6.14. The van der Waals surface area contributed by atoms with Crippen molar-refractivity contribution in [3.63, 3.8) is 0 Å². The van der Waals surface area contributed by atoms with Crippen molar-refractivity contribution < 1.29 is 12.8 Å². The van der Waals surface area contributed by atoms with E-state index in [-0.39, 0.29) is 16.6 Å². The van der Waals surface area contributed by atoms with Gasteiger partial charge in [-0.2, -0.15) is 4.31 Å². The Balaban J connectivity index is 1.96. The highest BCUT2D eigenvalue weighted by Gasteiger charge is 2.40. The molecule has 1 heterocycles. The van der Waals surface area contributed by atoms with Gasteiger partial charge in [-0.25, -0.2) is 12.8 Å². The van der Waals surface area contributed by atoms with Crippen LogP contribution >= 0.6 is 0 Å². The van der Waals surface area contributed by atoms with Crippen LogP contribution in [0.25, 0.3) is 0 Å². The maximum atomic E-state index is 14.0. The number of rotatable bonds is 2. The molecule has 0 bridgehead atoms. The highest BCUT2D eigenvalue weighted by molar-refractivity contribution is 7.89. The first-order valence-corrected chi connectivity index (χ1v) is 9.01. The number of sulfonamides is 1. The van der Waals surface area contributed by atoms with Crippen LogP contribution in [0.5, 0.6) is 0 Å². The van der Waals surface area contributed by atoms with Crippen LogP contribution in [0, 0.1) is 11.7 Å². The van der Waals surface area contributed by atoms with Crippen LogP contribution < -0.4 is 5.73 Å². The Morgan fingerprint density at radius 3 is 2.62 bits per heavy atom. The molecule has 0 amide bonds. The van der Waals surface area contributed by atoms with Crippen molar-refractivity contribution in [1.82, 2.24) is 4.31 Å². The average molecular weight is 312 g/mol. The minimum atomic E-state index is -3.78. The number of nitrogens with two attached hydrogens (primary N) is 1. The Bertz CT molecular complexity index is 631. The first kappa shape index (κ1) is 14.8. The van der Waals surface area contributed by atoms with E-state index >= 15 is 0 Å². The summed E-state index contributed by atoms with van der Waals surface area (Å²) in [4.78, 5) is -0.247. The summed E-state index contributed by atoms with van der Waals surface area (Å²) in [6.45, 7) is 0.493. The van der Waals surface area contributed by atoms with Crippen molar-refractivity contribution in [1.29, 1.82) is 0 Å². The Labute approximate surface area is 125 Å². The van der Waals surface area contributed by atoms with Gasteiger partial charge in [0.25, 0.3) is 0 Å². The lowest BCUT2D eigenvalue weighted by atomic mass is 9.79. The van der Waals surface area contributed by atoms with Gasteiger partial charge in [0.1, 0.15) is 10.7 Å². The smallest absolute Gasteiger partial charge is 0.246 e. The highest BCUT2D eigenvalue weighted by atomic mass is 32.2. The zero-order valence-corrected chi connectivity index (χ0v) is 12.8. The van der Waals surface area contributed by atoms with Gasteiger partial charge in [-0.3, -0.25) is 0 Å². The summed E-state index contributed by atoms with van der Waals surface area (Å²) < 4.78 is 41.2. The first-order valence-electron chi connectivity index (χ1n) is 7.57. The van der Waals surface area contributed by atoms with Crippen LogP contribution in [0.3, 0.4) is 0 Å². The van der Waals surface area contributed by atoms with E-state index in [0.29, 0.717) is 12.5 Å². The largest absolute Gasteiger partial charge is 0.399 e. The van der Waals surface area contributed by atoms with Gasteiger partial charge in [-0.05, 0) is 49.8 Å². The zero-order valence-electron chi connectivity index (χ0n) is 12.0. The van der Waals surface area contributed by atoms with Crippen molar-refractivity contribution in [3.05, 3.63) is 24.0 Å². The lowest BCUT2D eigenvalue weighted by Crippen LogP contribution is -2.49. The third-order valence-corrected chi connectivity index (χ3v) is 6.69. The quantitative estimate of drug-likeness (QED) is 0.854. The second-order valence-electron chi connectivity index (χ2n) is 6.06. The predicted octanol–water partition coefficient (Wildman–Crippen LogP) is 2.75. The first-order chi connectivity index (χ1) is 10.00. The summed E-state index contributed by atoms with van der Waals surface area (Å²) in [5.41, 5.74) is 5.74. The van der Waals surface area contributed by atoms with Crippen LogP contribution in [0.1, 0.15) is 38.5 Å². The van der Waals surface area contributed by atoms with E-state index in [4.69, 9.17) is 5.73 Å². The Kier molecular flexibility index (Phi) is 3.92. The molecule has 0 spiro atoms. The lowest BCUT2D eigenvalue weighted by Gasteiger charge is -2.43. The van der Waals surface area contributed by atoms with Crippen molar-refractivity contribution in [2.24, 2.45) is 5.92 Å². The molecule has 116 valence electrons. The molecule has 0 unspecified atom stereocenters. The fourth-order valence-corrected chi connectivity index (χ4v) is 5.53. The van der Waals surface area contributed by atoms with Crippen LogP contribution in [0.4, 0.5) is 10.1 Å². The van der Waals surface area contributed by atoms with Crippen molar-refractivity contribution in [3.8, 4) is 0 Å². The van der Waals surface area contributed by atoms with E-state index < -0.39 is 15.8 Å². The molecule has 6 heteroatoms. The molecule has 0 radical (unpaired) electrons. The molecule has 3 rings (SSSR count). The Morgan fingerprint density at radius 2 is 1.86 bits per heavy atom. The monoisotopic (exact) mass is 312 g/mol. The average Bonchev–Trinajstić information content (AvgIpc) is 2.46. The van der Waals surface area contributed by atoms with Gasteiger partial charge in [-0.1, -0.05) is 12.8 Å². The number of piperidine rings is 1. The molecule has 2 aliphatic rings. The number of fused-ring (bicyclic) bond motifs is 1. The molecule has 4 nitrogen and oxygen atoms in total. The third-order valence-electron chi connectivity index (χ3n) is 4.73. The summed E-state index contributed by atoms with van der Waals surface area (Å²) in [7, 11) is -3.78. The number of nitrogens with zero attached hydrogens (tertiary/aromatic N) is 1. The molecule has 1 aromatic rings. The molecular weight excluding hydrogens is 291 g/mol. The summed E-state index contributed by atoms with van der Waals surface area (Å²) in [5, 5.41) is 0. The van der Waals surface area contributed by atoms with E-state index in [2.05, 4.69) is 0 Å². The van der Waals surface area contributed by atoms with Crippen LogP contribution in [0.2, 0.25) is 0 Å². The van der Waals surface area contributed by atoms with E-state index in [1.165, 1.54) is 22.9 Å². The molecule has 0 aromatic heterocycles. The van der Waals surface area contributed by atoms with E-state index in [1.54, 1.807) is 0 Å². The number of hydrogen-bond donors (Lipinski definition) is 1. The SMILES string of the molecule is Nc1ccc(S(=O)(=O)N2CCC[C@H]3CCCC[C@H]32)c(F)c1. The van der Waals surface area contributed by atoms with Gasteiger partial charge >= 0.3 is 0 Å². The van der Waals surface area contributed by atoms with E-state index in [9.17, 15) is 12.8 Å². The highest BCUT2D eigenvalue weighted by Crippen LogP contribution is 2.38. The van der Waals surface area contributed by atoms with Gasteiger partial charge in [0, 0.05) is 18.3 Å². The number of anilines is 1. The molecule has 2 fully saturated rings. The fraction of sp³-hybridized carbons (Fsp3) is 0.600. The molecule has 1 aliphatic heterocycles. The lowest BCUT2D eigenvalue weighted by molar-refractivity contribution is 0.129. The molecule has 1 saturated heterocycles. The zero-order chi connectivity index (χ0) is 15.0. The molecular formula is C15H21FN2O2S. The van der Waals surface area contributed by atoms with E-state index in [0.717, 1.165) is 38.2 Å². The molecule has 1 aliphatic carbocycles. The minimum Gasteiger partial charge on any atom is -0.399 e. The van der Waals surface area contributed by atoms with Crippen LogP contribution in [-0.4, -0.2) is 25.3 Å². The normalized spacial score (nSPS) is 27.3. The fourth-order valence-electron chi connectivity index (χ4n) is 3.73. The molecule has 21 heavy (non-hydrogen) atoms. The maximum absolute atomic E-state index is 14.0. The van der Waals surface area contributed by atoms with Crippen molar-refractivity contribution in [2.75, 3.05) is 12.3 Å². The van der Waals surface area contributed by atoms with Gasteiger partial charge < -0.3 is 5.73 Å². The summed E-state index contributed by atoms with van der Waals surface area (Å²) in [5.74, 6) is -0.327. The van der Waals surface area contributed by atoms with Gasteiger partial charge in [0.15, 0.2) is 0 Å². The molecule has 1 saturated carbocycles. The molecule has 2 atom stereocenters. The topological polar surface area (TPSA) is 63.4 Å². The Morgan fingerprint density at radius 1 is 1.14 bits per heavy atom. The standard InChI is InChI=1S/C15H21FN2O2S/c16-13-10-12(17)7-8-15(13)21(19,20)18-9-3-5-11-4-1-2-6-14(11)18/h7-8,10-11,14H,1-6,9,17H2/t11-,14-/m1/s1. The van der Waals surface area contributed by atoms with Crippen molar-refractivity contribution >= 4 is 15.7 Å². The minimum absolute atomic E-state index is 0.0365. The van der Waals surface area contributed by atoms with Gasteiger partial charge in [0.05, 0.1) is 0 Å². The van der Waals surface area contributed by atoms with Crippen LogP contribution in [0.15, 0.2) is 23.1 Å². The summed E-state index contributed by atoms with van der Waals surface area (Å²) in [6, 6.07) is 3.84. The number of hydrogen-bond acceptors (Lipinski definition) is 3. The number of benzene rings is 1.